The van der Waals surface area contributed by atoms with Gasteiger partial charge in [0.25, 0.3) is 5.91 Å². The molecule has 0 saturated carbocycles. The minimum Gasteiger partial charge on any atom is -0.507 e. The van der Waals surface area contributed by atoms with E-state index < -0.39 is 0 Å². The SMILES string of the molecule is CCNC(=NCCNC(=O)c1ccccc1O)NC(C)c1ccc(C)o1.I. The Labute approximate surface area is 176 Å². The zero-order chi connectivity index (χ0) is 18.9. The molecule has 0 radical (unpaired) electrons. The van der Waals surface area contributed by atoms with E-state index in [1.807, 2.05) is 32.9 Å². The van der Waals surface area contributed by atoms with Crippen LogP contribution in [0.1, 0.15) is 41.8 Å². The summed E-state index contributed by atoms with van der Waals surface area (Å²) in [4.78, 5) is 16.5. The summed E-state index contributed by atoms with van der Waals surface area (Å²) in [6.07, 6.45) is 0. The molecule has 0 fully saturated rings. The average molecular weight is 486 g/mol. The highest BCUT2D eigenvalue weighted by Gasteiger charge is 2.12. The van der Waals surface area contributed by atoms with E-state index in [4.69, 9.17) is 4.42 Å². The van der Waals surface area contributed by atoms with Crippen molar-refractivity contribution in [2.75, 3.05) is 19.6 Å². The Hall–Kier alpha value is -2.23. The van der Waals surface area contributed by atoms with E-state index in [0.717, 1.165) is 18.1 Å². The van der Waals surface area contributed by atoms with Crippen molar-refractivity contribution >= 4 is 35.8 Å². The highest BCUT2D eigenvalue weighted by molar-refractivity contribution is 14.0. The Bertz CT molecular complexity index is 761. The molecule has 1 aromatic carbocycles. The van der Waals surface area contributed by atoms with E-state index >= 15 is 0 Å². The molecule has 1 amide bonds. The fraction of sp³-hybridized carbons (Fsp3) is 0.368. The predicted octanol–water partition coefficient (Wildman–Crippen LogP) is 2.96. The summed E-state index contributed by atoms with van der Waals surface area (Å²) >= 11 is 0. The van der Waals surface area contributed by atoms with Gasteiger partial charge < -0.3 is 25.5 Å². The molecule has 1 atom stereocenters. The number of para-hydroxylation sites is 1. The maximum atomic E-state index is 12.0. The topological polar surface area (TPSA) is 98.9 Å². The number of carbonyl (C=O) groups excluding carboxylic acids is 1. The number of nitrogens with zero attached hydrogens (tertiary/aromatic N) is 1. The fourth-order valence-corrected chi connectivity index (χ4v) is 2.38. The van der Waals surface area contributed by atoms with Gasteiger partial charge in [0.2, 0.25) is 0 Å². The fourth-order valence-electron chi connectivity index (χ4n) is 2.38. The molecule has 1 unspecified atom stereocenters. The number of aliphatic imine (C=N–C) groups is 1. The summed E-state index contributed by atoms with van der Waals surface area (Å²) in [5.74, 6) is 1.98. The standard InChI is InChI=1S/C19H26N4O3.HI/c1-4-20-19(23-14(3)17-10-9-13(2)26-17)22-12-11-21-18(25)15-7-5-6-8-16(15)24;/h5-10,14,24H,4,11-12H2,1-3H3,(H,21,25)(H2,20,22,23);1H. The third-order valence-corrected chi connectivity index (χ3v) is 3.70. The van der Waals surface area contributed by atoms with Crippen LogP contribution in [0.5, 0.6) is 5.75 Å². The van der Waals surface area contributed by atoms with Crippen molar-refractivity contribution in [1.82, 2.24) is 16.0 Å². The van der Waals surface area contributed by atoms with Crippen LogP contribution in [-0.4, -0.2) is 36.6 Å². The molecule has 148 valence electrons. The number of halogens is 1. The zero-order valence-corrected chi connectivity index (χ0v) is 18.1. The second-order valence-corrected chi connectivity index (χ2v) is 5.85. The first-order valence-electron chi connectivity index (χ1n) is 8.68. The van der Waals surface area contributed by atoms with Crippen LogP contribution < -0.4 is 16.0 Å². The first-order valence-corrected chi connectivity index (χ1v) is 8.68. The van der Waals surface area contributed by atoms with E-state index in [1.165, 1.54) is 6.07 Å². The molecule has 0 aliphatic heterocycles. The average Bonchev–Trinajstić information content (AvgIpc) is 3.05. The Morgan fingerprint density at radius 2 is 1.96 bits per heavy atom. The Kier molecular flexibility index (Phi) is 9.70. The Morgan fingerprint density at radius 3 is 2.59 bits per heavy atom. The Morgan fingerprint density at radius 1 is 1.22 bits per heavy atom. The maximum absolute atomic E-state index is 12.0. The quantitative estimate of drug-likeness (QED) is 0.209. The van der Waals surface area contributed by atoms with E-state index in [0.29, 0.717) is 19.0 Å². The van der Waals surface area contributed by atoms with Crippen LogP contribution in [0.3, 0.4) is 0 Å². The number of phenolic OH excluding ortho intramolecular Hbond substituents is 1. The summed E-state index contributed by atoms with van der Waals surface area (Å²) in [5.41, 5.74) is 0.253. The molecule has 0 aliphatic rings. The second-order valence-electron chi connectivity index (χ2n) is 5.85. The van der Waals surface area contributed by atoms with Crippen molar-refractivity contribution in [3.63, 3.8) is 0 Å². The van der Waals surface area contributed by atoms with Crippen LogP contribution in [0.4, 0.5) is 0 Å². The normalized spacial score (nSPS) is 12.0. The molecule has 0 saturated heterocycles. The van der Waals surface area contributed by atoms with Gasteiger partial charge in [0.15, 0.2) is 5.96 Å². The number of aromatic hydroxyl groups is 1. The van der Waals surface area contributed by atoms with Crippen LogP contribution in [0.15, 0.2) is 45.8 Å². The van der Waals surface area contributed by atoms with E-state index in [1.54, 1.807) is 18.2 Å². The molecule has 1 heterocycles. The number of nitrogens with one attached hydrogen (secondary N) is 3. The third-order valence-electron chi connectivity index (χ3n) is 3.70. The third kappa shape index (κ3) is 7.12. The van der Waals surface area contributed by atoms with E-state index in [-0.39, 0.29) is 47.2 Å². The van der Waals surface area contributed by atoms with Gasteiger partial charge in [-0.15, -0.1) is 24.0 Å². The molecule has 2 rings (SSSR count). The van der Waals surface area contributed by atoms with Gasteiger partial charge in [0.05, 0.1) is 18.2 Å². The number of carbonyl (C=O) groups is 1. The number of hydrogen-bond acceptors (Lipinski definition) is 4. The number of aryl methyl sites for hydroxylation is 1. The number of hydrogen-bond donors (Lipinski definition) is 4. The molecule has 0 bridgehead atoms. The molecular formula is C19H27IN4O3. The molecule has 2 aromatic rings. The second kappa shape index (κ2) is 11.5. The molecule has 7 nitrogen and oxygen atoms in total. The summed E-state index contributed by atoms with van der Waals surface area (Å²) < 4.78 is 5.62. The van der Waals surface area contributed by atoms with Crippen molar-refractivity contribution in [2.24, 2.45) is 4.99 Å². The van der Waals surface area contributed by atoms with Crippen molar-refractivity contribution in [3.8, 4) is 5.75 Å². The smallest absolute Gasteiger partial charge is 0.255 e. The van der Waals surface area contributed by atoms with Crippen molar-refractivity contribution in [2.45, 2.75) is 26.8 Å². The zero-order valence-electron chi connectivity index (χ0n) is 15.8. The lowest BCUT2D eigenvalue weighted by atomic mass is 10.2. The van der Waals surface area contributed by atoms with Crippen molar-refractivity contribution in [3.05, 3.63) is 53.5 Å². The summed E-state index contributed by atoms with van der Waals surface area (Å²) in [5, 5.41) is 18.9. The maximum Gasteiger partial charge on any atom is 0.255 e. The molecule has 27 heavy (non-hydrogen) atoms. The molecule has 0 spiro atoms. The van der Waals surface area contributed by atoms with Gasteiger partial charge in [-0.2, -0.15) is 0 Å². The Balaban J connectivity index is 0.00000364. The number of amides is 1. The number of benzene rings is 1. The highest BCUT2D eigenvalue weighted by Crippen LogP contribution is 2.15. The van der Waals surface area contributed by atoms with E-state index in [2.05, 4.69) is 20.9 Å². The van der Waals surface area contributed by atoms with Gasteiger partial charge in [0, 0.05) is 13.1 Å². The van der Waals surface area contributed by atoms with Gasteiger partial charge >= 0.3 is 0 Å². The van der Waals surface area contributed by atoms with Crippen LogP contribution in [0.2, 0.25) is 0 Å². The van der Waals surface area contributed by atoms with Gasteiger partial charge in [-0.05, 0) is 45.0 Å². The number of guanidine groups is 1. The van der Waals surface area contributed by atoms with Crippen LogP contribution >= 0.6 is 24.0 Å². The van der Waals surface area contributed by atoms with Crippen LogP contribution in [0, 0.1) is 6.92 Å². The molecular weight excluding hydrogens is 459 g/mol. The van der Waals surface area contributed by atoms with Gasteiger partial charge in [-0.25, -0.2) is 0 Å². The molecule has 8 heteroatoms. The van der Waals surface area contributed by atoms with Gasteiger partial charge in [-0.1, -0.05) is 12.1 Å². The molecule has 1 aromatic heterocycles. The number of rotatable bonds is 7. The van der Waals surface area contributed by atoms with Crippen LogP contribution in [0.25, 0.3) is 0 Å². The van der Waals surface area contributed by atoms with E-state index in [9.17, 15) is 9.90 Å². The highest BCUT2D eigenvalue weighted by atomic mass is 127. The lowest BCUT2D eigenvalue weighted by Crippen LogP contribution is -2.39. The molecule has 4 N–H and O–H groups in total. The summed E-state index contributed by atoms with van der Waals surface area (Å²) in [6, 6.07) is 10.3. The predicted molar refractivity (Wildman–Crippen MR) is 117 cm³/mol. The van der Waals surface area contributed by atoms with Crippen molar-refractivity contribution < 1.29 is 14.3 Å². The van der Waals surface area contributed by atoms with Crippen LogP contribution in [-0.2, 0) is 0 Å². The number of furan rings is 1. The first kappa shape index (κ1) is 22.8. The molecule has 0 aliphatic carbocycles. The summed E-state index contributed by atoms with van der Waals surface area (Å²) in [6.45, 7) is 7.36. The summed E-state index contributed by atoms with van der Waals surface area (Å²) in [7, 11) is 0. The number of phenols is 1. The van der Waals surface area contributed by atoms with Gasteiger partial charge in [-0.3, -0.25) is 9.79 Å². The largest absolute Gasteiger partial charge is 0.507 e. The first-order chi connectivity index (χ1) is 12.5. The monoisotopic (exact) mass is 486 g/mol. The van der Waals surface area contributed by atoms with Gasteiger partial charge in [0.1, 0.15) is 17.3 Å². The minimum absolute atomic E-state index is 0. The lowest BCUT2D eigenvalue weighted by Gasteiger charge is -2.16. The minimum atomic E-state index is -0.323. The lowest BCUT2D eigenvalue weighted by molar-refractivity contribution is 0.0952. The van der Waals surface area contributed by atoms with Crippen molar-refractivity contribution in [1.29, 1.82) is 0 Å².